The van der Waals surface area contributed by atoms with Gasteiger partial charge < -0.3 is 0 Å². The van der Waals surface area contributed by atoms with Gasteiger partial charge in [-0.3, -0.25) is 9.63 Å². The van der Waals surface area contributed by atoms with Crippen LogP contribution in [0.5, 0.6) is 0 Å². The first kappa shape index (κ1) is 8.97. The standard InChI is InChI=1S/C11H11NO2/c1-9-7-8-11(13)12(14-9)10-5-3-2-4-6-10/h2-9H,1H3/t9-/m1/s1. The third-order valence-electron chi connectivity index (χ3n) is 1.97. The zero-order chi connectivity index (χ0) is 9.97. The Bertz CT molecular complexity index is 359. The summed E-state index contributed by atoms with van der Waals surface area (Å²) in [5, 5.41) is 1.31. The number of carbonyl (C=O) groups excluding carboxylic acids is 1. The molecule has 1 aliphatic rings. The summed E-state index contributed by atoms with van der Waals surface area (Å²) >= 11 is 0. The van der Waals surface area contributed by atoms with Gasteiger partial charge in [-0.2, -0.15) is 5.06 Å². The Morgan fingerprint density at radius 3 is 2.71 bits per heavy atom. The lowest BCUT2D eigenvalue weighted by Gasteiger charge is -2.26. The lowest BCUT2D eigenvalue weighted by Crippen LogP contribution is -2.35. The number of rotatable bonds is 1. The van der Waals surface area contributed by atoms with Gasteiger partial charge in [-0.25, -0.2) is 0 Å². The van der Waals surface area contributed by atoms with Crippen LogP contribution in [0.2, 0.25) is 0 Å². The van der Waals surface area contributed by atoms with Crippen molar-refractivity contribution in [2.45, 2.75) is 13.0 Å². The third-order valence-corrected chi connectivity index (χ3v) is 1.97. The number of hydrogen-bond donors (Lipinski definition) is 0. The van der Waals surface area contributed by atoms with Gasteiger partial charge in [0.1, 0.15) is 6.10 Å². The summed E-state index contributed by atoms with van der Waals surface area (Å²) in [7, 11) is 0. The van der Waals surface area contributed by atoms with Crippen LogP contribution in [0.4, 0.5) is 5.69 Å². The fourth-order valence-electron chi connectivity index (χ4n) is 1.29. The molecule has 2 rings (SSSR count). The average Bonchev–Trinajstić information content (AvgIpc) is 2.23. The van der Waals surface area contributed by atoms with E-state index in [2.05, 4.69) is 0 Å². The summed E-state index contributed by atoms with van der Waals surface area (Å²) in [4.78, 5) is 16.8. The summed E-state index contributed by atoms with van der Waals surface area (Å²) in [6.45, 7) is 1.89. The molecule has 1 heterocycles. The molecule has 0 saturated carbocycles. The van der Waals surface area contributed by atoms with E-state index in [1.807, 2.05) is 37.3 Å². The fourth-order valence-corrected chi connectivity index (χ4v) is 1.29. The van der Waals surface area contributed by atoms with Crippen LogP contribution in [-0.4, -0.2) is 12.0 Å². The molecule has 3 heteroatoms. The zero-order valence-electron chi connectivity index (χ0n) is 7.88. The summed E-state index contributed by atoms with van der Waals surface area (Å²) in [6, 6.07) is 9.31. The second kappa shape index (κ2) is 3.64. The van der Waals surface area contributed by atoms with Crippen LogP contribution in [0.25, 0.3) is 0 Å². The molecule has 0 spiro atoms. The van der Waals surface area contributed by atoms with Crippen LogP contribution >= 0.6 is 0 Å². The third kappa shape index (κ3) is 1.67. The molecule has 0 aliphatic carbocycles. The topological polar surface area (TPSA) is 29.5 Å². The van der Waals surface area contributed by atoms with Crippen molar-refractivity contribution in [2.75, 3.05) is 5.06 Å². The van der Waals surface area contributed by atoms with Crippen LogP contribution in [0, 0.1) is 0 Å². The van der Waals surface area contributed by atoms with Crippen molar-refractivity contribution >= 4 is 11.6 Å². The first-order valence-corrected chi connectivity index (χ1v) is 4.51. The Labute approximate surface area is 82.5 Å². The maximum atomic E-state index is 11.5. The smallest absolute Gasteiger partial charge is 0.267 e. The number of hydrogen-bond acceptors (Lipinski definition) is 2. The van der Waals surface area contributed by atoms with Gasteiger partial charge >= 0.3 is 0 Å². The van der Waals surface area contributed by atoms with E-state index in [0.717, 1.165) is 5.69 Å². The number of amides is 1. The second-order valence-electron chi connectivity index (χ2n) is 3.14. The second-order valence-corrected chi connectivity index (χ2v) is 3.14. The highest BCUT2D eigenvalue weighted by atomic mass is 16.7. The molecular formula is C11H11NO2. The van der Waals surface area contributed by atoms with Crippen molar-refractivity contribution < 1.29 is 9.63 Å². The SMILES string of the molecule is C[C@@H]1C=CC(=O)N(c2ccccc2)O1. The summed E-state index contributed by atoms with van der Waals surface area (Å²) in [6.07, 6.45) is 3.20. The Morgan fingerprint density at radius 2 is 2.00 bits per heavy atom. The van der Waals surface area contributed by atoms with Gasteiger partial charge in [0.05, 0.1) is 5.69 Å². The van der Waals surface area contributed by atoms with Crippen molar-refractivity contribution in [1.29, 1.82) is 0 Å². The summed E-state index contributed by atoms with van der Waals surface area (Å²) in [5.41, 5.74) is 0.758. The molecule has 0 bridgehead atoms. The van der Waals surface area contributed by atoms with Crippen LogP contribution in [0.1, 0.15) is 6.92 Å². The van der Waals surface area contributed by atoms with Gasteiger partial charge in [0.15, 0.2) is 0 Å². The van der Waals surface area contributed by atoms with Crippen molar-refractivity contribution in [3.05, 3.63) is 42.5 Å². The Morgan fingerprint density at radius 1 is 1.29 bits per heavy atom. The van der Waals surface area contributed by atoms with Gasteiger partial charge in [-0.15, -0.1) is 0 Å². The minimum absolute atomic E-state index is 0.0621. The minimum Gasteiger partial charge on any atom is -0.267 e. The lowest BCUT2D eigenvalue weighted by atomic mass is 10.3. The Kier molecular flexibility index (Phi) is 2.33. The van der Waals surface area contributed by atoms with E-state index in [4.69, 9.17) is 4.84 Å². The van der Waals surface area contributed by atoms with E-state index in [9.17, 15) is 4.79 Å². The molecule has 0 saturated heterocycles. The fraction of sp³-hybridized carbons (Fsp3) is 0.182. The molecular weight excluding hydrogens is 178 g/mol. The Balaban J connectivity index is 2.27. The zero-order valence-corrected chi connectivity index (χ0v) is 7.88. The average molecular weight is 189 g/mol. The maximum Gasteiger partial charge on any atom is 0.274 e. The number of anilines is 1. The molecule has 0 unspecified atom stereocenters. The summed E-state index contributed by atoms with van der Waals surface area (Å²) < 4.78 is 0. The predicted octanol–water partition coefficient (Wildman–Crippen LogP) is 1.91. The van der Waals surface area contributed by atoms with Crippen LogP contribution in [-0.2, 0) is 9.63 Å². The number of benzene rings is 1. The first-order valence-electron chi connectivity index (χ1n) is 4.51. The Hall–Kier alpha value is -1.61. The van der Waals surface area contributed by atoms with E-state index in [1.165, 1.54) is 11.1 Å². The van der Waals surface area contributed by atoms with Crippen LogP contribution in [0.15, 0.2) is 42.5 Å². The molecule has 1 aromatic carbocycles. The van der Waals surface area contributed by atoms with Crippen molar-refractivity contribution in [1.82, 2.24) is 0 Å². The molecule has 0 N–H and O–H groups in total. The van der Waals surface area contributed by atoms with Gasteiger partial charge in [0.25, 0.3) is 5.91 Å². The minimum atomic E-state index is -0.144. The van der Waals surface area contributed by atoms with Crippen LogP contribution < -0.4 is 5.06 Å². The van der Waals surface area contributed by atoms with Gasteiger partial charge in [0.2, 0.25) is 0 Å². The van der Waals surface area contributed by atoms with E-state index in [-0.39, 0.29) is 12.0 Å². The monoisotopic (exact) mass is 189 g/mol. The highest BCUT2D eigenvalue weighted by Gasteiger charge is 2.20. The van der Waals surface area contributed by atoms with E-state index < -0.39 is 0 Å². The maximum absolute atomic E-state index is 11.5. The molecule has 0 radical (unpaired) electrons. The quantitative estimate of drug-likeness (QED) is 0.675. The van der Waals surface area contributed by atoms with Crippen molar-refractivity contribution in [3.63, 3.8) is 0 Å². The summed E-state index contributed by atoms with van der Waals surface area (Å²) in [5.74, 6) is -0.144. The highest BCUT2D eigenvalue weighted by Crippen LogP contribution is 2.18. The largest absolute Gasteiger partial charge is 0.274 e. The molecule has 1 atom stereocenters. The number of hydroxylamine groups is 1. The predicted molar refractivity (Wildman–Crippen MR) is 53.6 cm³/mol. The van der Waals surface area contributed by atoms with E-state index >= 15 is 0 Å². The van der Waals surface area contributed by atoms with E-state index in [0.29, 0.717) is 0 Å². The normalized spacial score (nSPS) is 21.4. The molecule has 72 valence electrons. The van der Waals surface area contributed by atoms with Crippen LogP contribution in [0.3, 0.4) is 0 Å². The molecule has 1 amide bonds. The van der Waals surface area contributed by atoms with Gasteiger partial charge in [-0.1, -0.05) is 18.2 Å². The molecule has 14 heavy (non-hydrogen) atoms. The number of para-hydroxylation sites is 1. The van der Waals surface area contributed by atoms with Crippen molar-refractivity contribution in [3.8, 4) is 0 Å². The number of carbonyl (C=O) groups is 1. The molecule has 1 aromatic rings. The number of nitrogens with zero attached hydrogens (tertiary/aromatic N) is 1. The van der Waals surface area contributed by atoms with E-state index in [1.54, 1.807) is 6.08 Å². The molecule has 0 fully saturated rings. The van der Waals surface area contributed by atoms with Gasteiger partial charge in [0, 0.05) is 6.08 Å². The van der Waals surface area contributed by atoms with Crippen molar-refractivity contribution in [2.24, 2.45) is 0 Å². The lowest BCUT2D eigenvalue weighted by molar-refractivity contribution is -0.123. The molecule has 3 nitrogen and oxygen atoms in total. The molecule has 1 aliphatic heterocycles. The molecule has 0 aromatic heterocycles. The first-order chi connectivity index (χ1) is 6.77. The highest BCUT2D eigenvalue weighted by molar-refractivity contribution is 6.00. The van der Waals surface area contributed by atoms with Gasteiger partial charge in [-0.05, 0) is 25.1 Å².